The number of aromatic nitrogens is 1. The van der Waals surface area contributed by atoms with Crippen molar-refractivity contribution in [3.8, 4) is 0 Å². The summed E-state index contributed by atoms with van der Waals surface area (Å²) in [7, 11) is 1.39. The second kappa shape index (κ2) is 5.67. The molecule has 0 radical (unpaired) electrons. The largest absolute Gasteiger partial charge is 0.468 e. The number of hydrogen-bond donors (Lipinski definition) is 1. The molecule has 1 rings (SSSR count). The molecule has 0 unspecified atom stereocenters. The monoisotopic (exact) mass is 229 g/mol. The number of nitrogens with two attached hydrogens (primary N) is 1. The number of carbonyl (C=O) groups is 1. The van der Waals surface area contributed by atoms with E-state index in [1.54, 1.807) is 6.20 Å². The number of rotatable bonds is 5. The maximum Gasteiger partial charge on any atom is 0.319 e. The molecule has 0 spiro atoms. The third kappa shape index (κ3) is 3.85. The van der Waals surface area contributed by atoms with Crippen LogP contribution in [-0.4, -0.2) is 36.1 Å². The van der Waals surface area contributed by atoms with E-state index in [1.807, 2.05) is 11.8 Å². The van der Waals surface area contributed by atoms with Gasteiger partial charge in [0, 0.05) is 17.6 Å². The summed E-state index contributed by atoms with van der Waals surface area (Å²) < 4.78 is 4.61. The van der Waals surface area contributed by atoms with Gasteiger partial charge in [-0.25, -0.2) is 4.98 Å². The summed E-state index contributed by atoms with van der Waals surface area (Å²) in [6.45, 7) is 3.76. The lowest BCUT2D eigenvalue weighted by Crippen LogP contribution is -2.29. The van der Waals surface area contributed by atoms with Crippen LogP contribution >= 0.6 is 11.3 Å². The molecule has 6 heteroatoms. The smallest absolute Gasteiger partial charge is 0.319 e. The van der Waals surface area contributed by atoms with Crippen molar-refractivity contribution in [3.63, 3.8) is 0 Å². The molecule has 0 aliphatic heterocycles. The molecule has 0 amide bonds. The Morgan fingerprint density at radius 2 is 2.47 bits per heavy atom. The van der Waals surface area contributed by atoms with E-state index in [9.17, 15) is 4.79 Å². The van der Waals surface area contributed by atoms with Crippen LogP contribution in [0, 0.1) is 0 Å². The first-order chi connectivity index (χ1) is 7.15. The Balaban J connectivity index is 2.50. The molecule has 0 aliphatic carbocycles. The van der Waals surface area contributed by atoms with Gasteiger partial charge in [-0.15, -0.1) is 11.3 Å². The van der Waals surface area contributed by atoms with Crippen molar-refractivity contribution in [2.45, 2.75) is 13.5 Å². The zero-order valence-corrected chi connectivity index (χ0v) is 9.71. The summed E-state index contributed by atoms with van der Waals surface area (Å²) in [6.07, 6.45) is 1.74. The van der Waals surface area contributed by atoms with Crippen molar-refractivity contribution in [2.24, 2.45) is 0 Å². The number of carbonyl (C=O) groups excluding carboxylic acids is 1. The normalized spacial score (nSPS) is 10.6. The number of nitrogen functional groups attached to an aromatic ring is 1. The summed E-state index contributed by atoms with van der Waals surface area (Å²) in [4.78, 5) is 18.1. The highest BCUT2D eigenvalue weighted by Crippen LogP contribution is 2.16. The third-order valence-corrected chi connectivity index (χ3v) is 2.79. The van der Waals surface area contributed by atoms with Gasteiger partial charge < -0.3 is 10.5 Å². The zero-order valence-electron chi connectivity index (χ0n) is 8.90. The van der Waals surface area contributed by atoms with E-state index in [-0.39, 0.29) is 5.97 Å². The molecule has 0 bridgehead atoms. The van der Waals surface area contributed by atoms with Crippen LogP contribution in [0.4, 0.5) is 5.13 Å². The number of methoxy groups -OCH3 is 1. The molecule has 0 atom stereocenters. The fourth-order valence-corrected chi connectivity index (χ4v) is 1.87. The second-order valence-corrected chi connectivity index (χ2v) is 4.19. The van der Waals surface area contributed by atoms with E-state index < -0.39 is 0 Å². The van der Waals surface area contributed by atoms with Gasteiger partial charge in [0.1, 0.15) is 0 Å². The lowest BCUT2D eigenvalue weighted by atomic mass is 10.4. The van der Waals surface area contributed by atoms with Crippen molar-refractivity contribution in [3.05, 3.63) is 11.1 Å². The number of thiazole rings is 1. The predicted octanol–water partition coefficient (Wildman–Crippen LogP) is 0.720. The van der Waals surface area contributed by atoms with Crippen LogP contribution in [0.3, 0.4) is 0 Å². The van der Waals surface area contributed by atoms with Crippen LogP contribution in [0.5, 0.6) is 0 Å². The molecule has 15 heavy (non-hydrogen) atoms. The standard InChI is InChI=1S/C9H15N3O2S/c1-3-12(6-8(13)14-2)5-7-4-11-9(10)15-7/h4H,3,5-6H2,1-2H3,(H2,10,11). The Labute approximate surface area is 92.9 Å². The first kappa shape index (κ1) is 11.9. The fraction of sp³-hybridized carbons (Fsp3) is 0.556. The van der Waals surface area contributed by atoms with Crippen molar-refractivity contribution in [1.29, 1.82) is 0 Å². The van der Waals surface area contributed by atoms with E-state index in [1.165, 1.54) is 18.4 Å². The van der Waals surface area contributed by atoms with Gasteiger partial charge in [0.2, 0.25) is 0 Å². The Kier molecular flexibility index (Phi) is 4.51. The molecule has 0 saturated heterocycles. The number of esters is 1. The van der Waals surface area contributed by atoms with Crippen LogP contribution in [0.1, 0.15) is 11.8 Å². The second-order valence-electron chi connectivity index (χ2n) is 3.04. The van der Waals surface area contributed by atoms with Crippen molar-refractivity contribution < 1.29 is 9.53 Å². The summed E-state index contributed by atoms with van der Waals surface area (Å²) in [5.74, 6) is -0.227. The van der Waals surface area contributed by atoms with Crippen LogP contribution in [0.25, 0.3) is 0 Å². The highest BCUT2D eigenvalue weighted by Gasteiger charge is 2.10. The first-order valence-electron chi connectivity index (χ1n) is 4.65. The maximum absolute atomic E-state index is 11.1. The summed E-state index contributed by atoms with van der Waals surface area (Å²) >= 11 is 1.44. The van der Waals surface area contributed by atoms with E-state index in [0.29, 0.717) is 18.2 Å². The lowest BCUT2D eigenvalue weighted by molar-refractivity contribution is -0.142. The van der Waals surface area contributed by atoms with E-state index in [4.69, 9.17) is 5.73 Å². The lowest BCUT2D eigenvalue weighted by Gasteiger charge is -2.17. The van der Waals surface area contributed by atoms with Gasteiger partial charge in [-0.1, -0.05) is 6.92 Å². The van der Waals surface area contributed by atoms with Gasteiger partial charge in [-0.3, -0.25) is 9.69 Å². The molecule has 0 aliphatic rings. The molecular weight excluding hydrogens is 214 g/mol. The average molecular weight is 229 g/mol. The van der Waals surface area contributed by atoms with Gasteiger partial charge >= 0.3 is 5.97 Å². The molecule has 5 nitrogen and oxygen atoms in total. The van der Waals surface area contributed by atoms with E-state index in [0.717, 1.165) is 11.4 Å². The minimum absolute atomic E-state index is 0.227. The van der Waals surface area contributed by atoms with Gasteiger partial charge in [0.05, 0.1) is 13.7 Å². The van der Waals surface area contributed by atoms with Gasteiger partial charge in [0.25, 0.3) is 0 Å². The van der Waals surface area contributed by atoms with Crippen molar-refractivity contribution >= 4 is 22.4 Å². The Hall–Kier alpha value is -1.14. The molecule has 2 N–H and O–H groups in total. The highest BCUT2D eigenvalue weighted by atomic mass is 32.1. The Morgan fingerprint density at radius 1 is 1.73 bits per heavy atom. The van der Waals surface area contributed by atoms with Crippen LogP contribution in [0.2, 0.25) is 0 Å². The molecule has 1 heterocycles. The van der Waals surface area contributed by atoms with Gasteiger partial charge in [-0.2, -0.15) is 0 Å². The van der Waals surface area contributed by atoms with Crippen molar-refractivity contribution in [1.82, 2.24) is 9.88 Å². The molecular formula is C9H15N3O2S. The minimum Gasteiger partial charge on any atom is -0.468 e. The number of nitrogens with zero attached hydrogens (tertiary/aromatic N) is 2. The zero-order chi connectivity index (χ0) is 11.3. The summed E-state index contributed by atoms with van der Waals surface area (Å²) in [6, 6.07) is 0. The average Bonchev–Trinajstić information content (AvgIpc) is 2.62. The van der Waals surface area contributed by atoms with Crippen molar-refractivity contribution in [2.75, 3.05) is 25.9 Å². The molecule has 0 fully saturated rings. The van der Waals surface area contributed by atoms with Gasteiger partial charge in [0.15, 0.2) is 5.13 Å². The fourth-order valence-electron chi connectivity index (χ4n) is 1.14. The topological polar surface area (TPSA) is 68.5 Å². The molecule has 1 aromatic heterocycles. The van der Waals surface area contributed by atoms with Crippen LogP contribution in [-0.2, 0) is 16.1 Å². The number of hydrogen-bond acceptors (Lipinski definition) is 6. The number of ether oxygens (including phenoxy) is 1. The molecule has 0 saturated carbocycles. The number of anilines is 1. The number of likely N-dealkylation sites (N-methyl/N-ethyl adjacent to an activating group) is 1. The Morgan fingerprint density at radius 3 is 2.93 bits per heavy atom. The van der Waals surface area contributed by atoms with E-state index in [2.05, 4.69) is 9.72 Å². The summed E-state index contributed by atoms with van der Waals surface area (Å²) in [5, 5.41) is 0.555. The van der Waals surface area contributed by atoms with Crippen LogP contribution < -0.4 is 5.73 Å². The van der Waals surface area contributed by atoms with Gasteiger partial charge in [-0.05, 0) is 6.54 Å². The molecule has 0 aromatic carbocycles. The maximum atomic E-state index is 11.1. The third-order valence-electron chi connectivity index (χ3n) is 1.98. The minimum atomic E-state index is -0.227. The first-order valence-corrected chi connectivity index (χ1v) is 5.46. The molecule has 1 aromatic rings. The van der Waals surface area contributed by atoms with Crippen LogP contribution in [0.15, 0.2) is 6.20 Å². The SMILES string of the molecule is CCN(CC(=O)OC)Cc1cnc(N)s1. The molecule has 84 valence electrons. The quantitative estimate of drug-likeness (QED) is 0.753. The Bertz CT molecular complexity index is 327. The summed E-state index contributed by atoms with van der Waals surface area (Å²) in [5.41, 5.74) is 5.52. The predicted molar refractivity (Wildman–Crippen MR) is 59.5 cm³/mol. The highest BCUT2D eigenvalue weighted by molar-refractivity contribution is 7.15. The van der Waals surface area contributed by atoms with E-state index >= 15 is 0 Å².